The molecule has 24 heavy (non-hydrogen) atoms. The lowest BCUT2D eigenvalue weighted by Gasteiger charge is -2.30. The third kappa shape index (κ3) is 2.32. The molecule has 2 bridgehead atoms. The molecule has 1 saturated carbocycles. The van der Waals surface area contributed by atoms with Crippen molar-refractivity contribution in [3.8, 4) is 0 Å². The van der Waals surface area contributed by atoms with Crippen molar-refractivity contribution in [3.63, 3.8) is 0 Å². The molecule has 2 unspecified atom stereocenters. The van der Waals surface area contributed by atoms with E-state index in [4.69, 9.17) is 0 Å². The van der Waals surface area contributed by atoms with Crippen LogP contribution in [0.2, 0.25) is 0 Å². The van der Waals surface area contributed by atoms with Crippen molar-refractivity contribution in [1.82, 2.24) is 5.32 Å². The van der Waals surface area contributed by atoms with Gasteiger partial charge in [-0.25, -0.2) is 0 Å². The first kappa shape index (κ1) is 14.9. The molecule has 1 aromatic carbocycles. The molecule has 4 aliphatic rings. The first-order valence-corrected chi connectivity index (χ1v) is 9.89. The number of anilines is 1. The zero-order valence-electron chi connectivity index (χ0n) is 14.5. The molecular weight excluding hydrogens is 296 g/mol. The van der Waals surface area contributed by atoms with Crippen molar-refractivity contribution in [2.75, 3.05) is 11.4 Å². The van der Waals surface area contributed by atoms with Gasteiger partial charge in [-0.3, -0.25) is 4.79 Å². The molecule has 2 saturated heterocycles. The van der Waals surface area contributed by atoms with Crippen LogP contribution in [0.5, 0.6) is 0 Å². The summed E-state index contributed by atoms with van der Waals surface area (Å²) in [6, 6.07) is 10.0. The number of piperidine rings is 1. The molecule has 0 radical (unpaired) electrons. The molecule has 5 rings (SSSR count). The number of nitrogens with one attached hydrogen (secondary N) is 1. The highest BCUT2D eigenvalue weighted by Gasteiger charge is 2.46. The Kier molecular flexibility index (Phi) is 3.48. The number of fused-ring (bicyclic) bond motifs is 4. The fourth-order valence-corrected chi connectivity index (χ4v) is 6.03. The summed E-state index contributed by atoms with van der Waals surface area (Å²) in [7, 11) is 0. The Morgan fingerprint density at radius 2 is 1.83 bits per heavy atom. The van der Waals surface area contributed by atoms with Gasteiger partial charge in [0.05, 0.1) is 0 Å². The van der Waals surface area contributed by atoms with Gasteiger partial charge in [-0.1, -0.05) is 31.0 Å². The Bertz CT molecular complexity index is 637. The molecule has 0 aromatic heterocycles. The van der Waals surface area contributed by atoms with E-state index in [1.54, 1.807) is 0 Å². The van der Waals surface area contributed by atoms with Crippen molar-refractivity contribution in [2.24, 2.45) is 5.92 Å². The maximum atomic E-state index is 13.2. The van der Waals surface area contributed by atoms with Crippen molar-refractivity contribution in [1.29, 1.82) is 0 Å². The fraction of sp³-hybridized carbons (Fsp3) is 0.667. The smallest absolute Gasteiger partial charge is 0.227 e. The maximum Gasteiger partial charge on any atom is 0.227 e. The first-order chi connectivity index (χ1) is 11.7. The molecule has 1 aliphatic carbocycles. The van der Waals surface area contributed by atoms with E-state index in [1.165, 1.54) is 62.6 Å². The van der Waals surface area contributed by atoms with Gasteiger partial charge in [-0.05, 0) is 56.1 Å². The third-order valence-electron chi connectivity index (χ3n) is 7.12. The lowest BCUT2D eigenvalue weighted by atomic mass is 9.81. The van der Waals surface area contributed by atoms with Crippen LogP contribution in [-0.2, 0) is 10.2 Å². The fourth-order valence-electron chi connectivity index (χ4n) is 6.03. The van der Waals surface area contributed by atoms with Gasteiger partial charge in [0, 0.05) is 36.2 Å². The summed E-state index contributed by atoms with van der Waals surface area (Å²) in [6.45, 7) is 0.934. The van der Waals surface area contributed by atoms with Gasteiger partial charge in [0.1, 0.15) is 0 Å². The van der Waals surface area contributed by atoms with Gasteiger partial charge in [0.25, 0.3) is 0 Å². The van der Waals surface area contributed by atoms with Gasteiger partial charge < -0.3 is 10.2 Å². The lowest BCUT2D eigenvalue weighted by molar-refractivity contribution is -0.119. The van der Waals surface area contributed by atoms with Crippen molar-refractivity contribution < 1.29 is 4.79 Å². The predicted octanol–water partition coefficient (Wildman–Crippen LogP) is 3.77. The Hall–Kier alpha value is -1.35. The minimum absolute atomic E-state index is 0.263. The molecule has 1 aromatic rings. The molecule has 1 N–H and O–H groups in total. The van der Waals surface area contributed by atoms with E-state index in [0.717, 1.165) is 13.0 Å². The average molecular weight is 324 g/mol. The summed E-state index contributed by atoms with van der Waals surface area (Å²) >= 11 is 0. The number of hydrogen-bond donors (Lipinski definition) is 1. The number of carbonyl (C=O) groups excluding carboxylic acids is 1. The predicted molar refractivity (Wildman–Crippen MR) is 96.2 cm³/mol. The molecule has 2 atom stereocenters. The number of carbonyl (C=O) groups is 1. The van der Waals surface area contributed by atoms with E-state index in [9.17, 15) is 4.79 Å². The van der Waals surface area contributed by atoms with E-state index in [0.29, 0.717) is 23.9 Å². The molecule has 1 spiro atoms. The first-order valence-electron chi connectivity index (χ1n) is 9.89. The SMILES string of the molecule is O=C(CC1CC2CCC(C1)N2)N1CC2(CCCC2)c2ccccc21. The Balaban J connectivity index is 1.36. The van der Waals surface area contributed by atoms with E-state index in [2.05, 4.69) is 34.5 Å². The van der Waals surface area contributed by atoms with Crippen LogP contribution in [0.25, 0.3) is 0 Å². The number of para-hydroxylation sites is 1. The largest absolute Gasteiger partial charge is 0.311 e. The second kappa shape index (κ2) is 5.59. The molecule has 3 nitrogen and oxygen atoms in total. The summed E-state index contributed by atoms with van der Waals surface area (Å²) in [4.78, 5) is 15.3. The zero-order chi connectivity index (χ0) is 16.1. The lowest BCUT2D eigenvalue weighted by Crippen LogP contribution is -2.41. The number of rotatable bonds is 2. The Morgan fingerprint density at radius 3 is 2.58 bits per heavy atom. The van der Waals surface area contributed by atoms with Gasteiger partial charge >= 0.3 is 0 Å². The van der Waals surface area contributed by atoms with Crippen LogP contribution >= 0.6 is 0 Å². The van der Waals surface area contributed by atoms with Crippen LogP contribution in [0.1, 0.15) is 63.4 Å². The minimum atomic E-state index is 0.263. The summed E-state index contributed by atoms with van der Waals surface area (Å²) in [5.74, 6) is 0.959. The summed E-state index contributed by atoms with van der Waals surface area (Å²) < 4.78 is 0. The third-order valence-corrected chi connectivity index (χ3v) is 7.12. The topological polar surface area (TPSA) is 32.3 Å². The molecule has 3 heteroatoms. The molecule has 1 amide bonds. The summed E-state index contributed by atoms with van der Waals surface area (Å²) in [6.07, 6.45) is 10.9. The maximum absolute atomic E-state index is 13.2. The second-order valence-electron chi connectivity index (χ2n) is 8.66. The highest BCUT2D eigenvalue weighted by Crippen LogP contribution is 2.50. The van der Waals surface area contributed by atoms with Crippen LogP contribution in [0, 0.1) is 5.92 Å². The standard InChI is InChI=1S/C21H28N2O/c24-20(13-15-11-16-7-8-17(12-15)22-16)23-14-21(9-3-4-10-21)18-5-1-2-6-19(18)23/h1-2,5-6,15-17,22H,3-4,7-14H2. The van der Waals surface area contributed by atoms with E-state index >= 15 is 0 Å². The minimum Gasteiger partial charge on any atom is -0.311 e. The number of hydrogen-bond acceptors (Lipinski definition) is 2. The van der Waals surface area contributed by atoms with E-state index in [-0.39, 0.29) is 5.41 Å². The quantitative estimate of drug-likeness (QED) is 0.898. The van der Waals surface area contributed by atoms with Crippen molar-refractivity contribution in [3.05, 3.63) is 29.8 Å². The van der Waals surface area contributed by atoms with Crippen LogP contribution in [0.4, 0.5) is 5.69 Å². The average Bonchev–Trinajstić information content (AvgIpc) is 3.28. The zero-order valence-corrected chi connectivity index (χ0v) is 14.5. The van der Waals surface area contributed by atoms with Crippen LogP contribution in [0.3, 0.4) is 0 Å². The van der Waals surface area contributed by atoms with Crippen LogP contribution < -0.4 is 10.2 Å². The molecule has 3 heterocycles. The van der Waals surface area contributed by atoms with E-state index in [1.807, 2.05) is 0 Å². The van der Waals surface area contributed by atoms with Crippen molar-refractivity contribution >= 4 is 11.6 Å². The highest BCUT2D eigenvalue weighted by atomic mass is 16.2. The van der Waals surface area contributed by atoms with Gasteiger partial charge in [-0.15, -0.1) is 0 Å². The highest BCUT2D eigenvalue weighted by molar-refractivity contribution is 5.96. The molecule has 128 valence electrons. The number of benzene rings is 1. The van der Waals surface area contributed by atoms with Gasteiger partial charge in [0.15, 0.2) is 0 Å². The molecule has 3 aliphatic heterocycles. The monoisotopic (exact) mass is 324 g/mol. The van der Waals surface area contributed by atoms with Crippen molar-refractivity contribution in [2.45, 2.75) is 75.3 Å². The Labute approximate surface area is 144 Å². The number of nitrogens with zero attached hydrogens (tertiary/aromatic N) is 1. The van der Waals surface area contributed by atoms with E-state index < -0.39 is 0 Å². The number of amides is 1. The summed E-state index contributed by atoms with van der Waals surface area (Å²) in [5, 5.41) is 3.69. The van der Waals surface area contributed by atoms with Crippen LogP contribution in [0.15, 0.2) is 24.3 Å². The van der Waals surface area contributed by atoms with Gasteiger partial charge in [0.2, 0.25) is 5.91 Å². The molecule has 3 fully saturated rings. The summed E-state index contributed by atoms with van der Waals surface area (Å²) in [5.41, 5.74) is 2.92. The van der Waals surface area contributed by atoms with Crippen LogP contribution in [-0.4, -0.2) is 24.5 Å². The second-order valence-corrected chi connectivity index (χ2v) is 8.66. The Morgan fingerprint density at radius 1 is 1.12 bits per heavy atom. The van der Waals surface area contributed by atoms with Gasteiger partial charge in [-0.2, -0.15) is 0 Å². The molecular formula is C21H28N2O. The normalized spacial score (nSPS) is 33.2.